The highest BCUT2D eigenvalue weighted by Gasteiger charge is 2.47. The van der Waals surface area contributed by atoms with Crippen LogP contribution >= 0.6 is 0 Å². The molecule has 0 aliphatic carbocycles. The van der Waals surface area contributed by atoms with Crippen molar-refractivity contribution in [3.8, 4) is 22.6 Å². The largest absolute Gasteiger partial charge is 0.508 e. The number of carbonyl (C=O) groups excluding carboxylic acids is 1. The van der Waals surface area contributed by atoms with Gasteiger partial charge in [0.05, 0.1) is 17.6 Å². The van der Waals surface area contributed by atoms with Gasteiger partial charge in [0.2, 0.25) is 6.29 Å². The molecule has 47 heavy (non-hydrogen) atoms. The number of hydrogen-bond acceptors (Lipinski definition) is 12. The summed E-state index contributed by atoms with van der Waals surface area (Å²) in [5.74, 6) is -3.69. The molecule has 1 aromatic heterocycles. The molecule has 6 atom stereocenters. The lowest BCUT2D eigenvalue weighted by Crippen LogP contribution is -2.61. The van der Waals surface area contributed by atoms with Gasteiger partial charge in [0.1, 0.15) is 54.4 Å². The zero-order chi connectivity index (χ0) is 33.5. The molecule has 0 radical (unpaired) electrons. The molecule has 0 bridgehead atoms. The highest BCUT2D eigenvalue weighted by atomic mass is 16.7. The smallest absolute Gasteiger partial charge is 0.321 e. The van der Waals surface area contributed by atoms with Crippen LogP contribution < -0.4 is 15.5 Å². The fourth-order valence-electron chi connectivity index (χ4n) is 5.17. The first kappa shape index (κ1) is 33.6. The summed E-state index contributed by atoms with van der Waals surface area (Å²) in [6, 6.07) is 20.1. The molecule has 1 saturated heterocycles. The van der Waals surface area contributed by atoms with Gasteiger partial charge >= 0.3 is 11.9 Å². The summed E-state index contributed by atoms with van der Waals surface area (Å²) in [5.41, 5.74) is 1.72. The molecule has 0 saturated carbocycles. The number of phenolic OH excluding ortho intramolecular Hbond substituents is 1. The minimum Gasteiger partial charge on any atom is -0.508 e. The van der Waals surface area contributed by atoms with E-state index in [1.165, 1.54) is 43.6 Å². The van der Waals surface area contributed by atoms with E-state index in [-0.39, 0.29) is 41.0 Å². The third-order valence-electron chi connectivity index (χ3n) is 7.75. The Bertz CT molecular complexity index is 1730. The lowest BCUT2D eigenvalue weighted by Gasteiger charge is -2.42. The van der Waals surface area contributed by atoms with Gasteiger partial charge in [-0.25, -0.2) is 0 Å². The van der Waals surface area contributed by atoms with E-state index in [1.807, 2.05) is 30.3 Å². The van der Waals surface area contributed by atoms with E-state index in [4.69, 9.17) is 23.4 Å². The number of hydrogen-bond donors (Lipinski definition) is 5. The molecule has 13 nitrogen and oxygen atoms in total. The number of rotatable bonds is 13. The topological polar surface area (TPSA) is 194 Å². The Morgan fingerprint density at radius 3 is 2.45 bits per heavy atom. The summed E-state index contributed by atoms with van der Waals surface area (Å²) in [5, 5.41) is 43.8. The van der Waals surface area contributed by atoms with Gasteiger partial charge in [-0.1, -0.05) is 42.5 Å². The van der Waals surface area contributed by atoms with Crippen LogP contribution in [-0.2, 0) is 30.2 Å². The maximum Gasteiger partial charge on any atom is 0.321 e. The first-order valence-electron chi connectivity index (χ1n) is 14.9. The number of phenols is 1. The van der Waals surface area contributed by atoms with Gasteiger partial charge in [-0.3, -0.25) is 14.4 Å². The number of aliphatic hydroxyl groups is 2. The molecule has 1 aliphatic heterocycles. The normalized spacial score (nSPS) is 21.6. The molecule has 4 aromatic rings. The monoisotopic (exact) mass is 649 g/mol. The highest BCUT2D eigenvalue weighted by Crippen LogP contribution is 2.29. The second kappa shape index (κ2) is 15.2. The van der Waals surface area contributed by atoms with E-state index in [2.05, 4.69) is 5.32 Å². The molecule has 5 rings (SSSR count). The fraction of sp³-hybridized carbons (Fsp3) is 0.324. The molecule has 13 heteroatoms. The number of nitrogens with one attached hydrogen (secondary N) is 1. The van der Waals surface area contributed by atoms with Gasteiger partial charge in [0.25, 0.3) is 0 Å². The molecule has 248 valence electrons. The summed E-state index contributed by atoms with van der Waals surface area (Å²) in [6.07, 6.45) is -5.17. The van der Waals surface area contributed by atoms with Crippen LogP contribution in [0.4, 0.5) is 0 Å². The molecule has 3 aromatic carbocycles. The number of carbonyl (C=O) groups is 2. The molecule has 5 N–H and O–H groups in total. The van der Waals surface area contributed by atoms with Gasteiger partial charge in [-0.15, -0.1) is 0 Å². The number of benzene rings is 3. The van der Waals surface area contributed by atoms with Crippen LogP contribution in [0.2, 0.25) is 0 Å². The van der Waals surface area contributed by atoms with Crippen molar-refractivity contribution in [2.24, 2.45) is 5.92 Å². The first-order valence-corrected chi connectivity index (χ1v) is 14.9. The average Bonchev–Trinajstić information content (AvgIpc) is 3.07. The van der Waals surface area contributed by atoms with Crippen molar-refractivity contribution in [3.05, 3.63) is 94.8 Å². The quantitative estimate of drug-likeness (QED) is 0.104. The first-order chi connectivity index (χ1) is 22.7. The van der Waals surface area contributed by atoms with Crippen LogP contribution in [0.25, 0.3) is 22.1 Å². The predicted molar refractivity (Wildman–Crippen MR) is 167 cm³/mol. The van der Waals surface area contributed by atoms with Crippen molar-refractivity contribution < 1.29 is 53.4 Å². The van der Waals surface area contributed by atoms with E-state index in [9.17, 15) is 34.8 Å². The molecular weight excluding hydrogens is 614 g/mol. The highest BCUT2D eigenvalue weighted by molar-refractivity contribution is 5.94. The van der Waals surface area contributed by atoms with Crippen molar-refractivity contribution >= 4 is 22.9 Å². The Morgan fingerprint density at radius 2 is 1.74 bits per heavy atom. The molecule has 1 aliphatic rings. The van der Waals surface area contributed by atoms with E-state index >= 15 is 0 Å². The number of carboxylic acids is 1. The fourth-order valence-corrected chi connectivity index (χ4v) is 5.17. The summed E-state index contributed by atoms with van der Waals surface area (Å²) < 4.78 is 28.9. The predicted octanol–water partition coefficient (Wildman–Crippen LogP) is 2.08. The lowest BCUT2D eigenvalue weighted by atomic mass is 9.99. The van der Waals surface area contributed by atoms with Gasteiger partial charge < -0.3 is 49.1 Å². The number of carboxylic acid groups (broad SMARTS) is 1. The summed E-state index contributed by atoms with van der Waals surface area (Å²) in [6.45, 7) is -0.617. The van der Waals surface area contributed by atoms with Gasteiger partial charge in [0.15, 0.2) is 11.3 Å². The summed E-state index contributed by atoms with van der Waals surface area (Å²) in [7, 11) is 1.49. The van der Waals surface area contributed by atoms with Gasteiger partial charge in [-0.2, -0.15) is 0 Å². The van der Waals surface area contributed by atoms with Crippen LogP contribution in [0, 0.1) is 5.92 Å². The number of aliphatic hydroxyl groups excluding tert-OH is 2. The Morgan fingerprint density at radius 1 is 1.00 bits per heavy atom. The molecule has 0 amide bonds. The number of esters is 1. The summed E-state index contributed by atoms with van der Waals surface area (Å²) >= 11 is 0. The van der Waals surface area contributed by atoms with Gasteiger partial charge in [-0.05, 0) is 48.9 Å². The van der Waals surface area contributed by atoms with Crippen molar-refractivity contribution in [2.45, 2.75) is 37.1 Å². The zero-order valence-electron chi connectivity index (χ0n) is 25.4. The molecular formula is C34H35NO12. The van der Waals surface area contributed by atoms with E-state index in [0.29, 0.717) is 17.5 Å². The van der Waals surface area contributed by atoms with Crippen molar-refractivity contribution in [3.63, 3.8) is 0 Å². The van der Waals surface area contributed by atoms with Crippen molar-refractivity contribution in [2.75, 3.05) is 26.8 Å². The maximum atomic E-state index is 13.2. The van der Waals surface area contributed by atoms with Crippen molar-refractivity contribution in [1.29, 1.82) is 0 Å². The van der Waals surface area contributed by atoms with E-state index < -0.39 is 55.2 Å². The second-order valence-electron chi connectivity index (χ2n) is 11.0. The lowest BCUT2D eigenvalue weighted by molar-refractivity contribution is -0.288. The minimum absolute atomic E-state index is 0.0595. The van der Waals surface area contributed by atoms with Gasteiger partial charge in [0, 0.05) is 12.6 Å². The Hall–Kier alpha value is -4.79. The van der Waals surface area contributed by atoms with E-state index in [1.54, 1.807) is 12.1 Å². The average molecular weight is 650 g/mol. The zero-order valence-corrected chi connectivity index (χ0v) is 25.4. The maximum absolute atomic E-state index is 13.2. The van der Waals surface area contributed by atoms with Crippen LogP contribution in [0.5, 0.6) is 11.5 Å². The number of aromatic hydroxyl groups is 1. The van der Waals surface area contributed by atoms with Crippen molar-refractivity contribution in [1.82, 2.24) is 5.32 Å². The minimum atomic E-state index is -1.58. The molecule has 2 heterocycles. The van der Waals surface area contributed by atoms with Crippen LogP contribution in [0.15, 0.2) is 88.3 Å². The third-order valence-corrected chi connectivity index (χ3v) is 7.75. The Kier molecular flexibility index (Phi) is 10.9. The number of ether oxygens (including phenoxy) is 4. The molecule has 6 unspecified atom stereocenters. The number of aliphatic carboxylic acids is 1. The van der Waals surface area contributed by atoms with Crippen LogP contribution in [-0.4, -0.2) is 89.9 Å². The standard InChI is InChI=1S/C34H35NO12/c1-35-16-24(32(40)41)33(42)45-18-27-29(38)30(39)31(43-14-13-19-5-3-2-4-6-19)34(47-27)46-22-11-12-23-26(15-22)44-17-25(28(23)37)20-7-9-21(36)10-8-20/h2-12,15,17,24,27,29-31,34-36,38-39H,13-14,16,18H2,1H3,(H,40,41). The molecule has 0 spiro atoms. The third kappa shape index (κ3) is 7.96. The van der Waals surface area contributed by atoms with Crippen LogP contribution in [0.3, 0.4) is 0 Å². The van der Waals surface area contributed by atoms with Crippen LogP contribution in [0.1, 0.15) is 5.56 Å². The summed E-state index contributed by atoms with van der Waals surface area (Å²) in [4.78, 5) is 37.2. The SMILES string of the molecule is CNCC(C(=O)O)C(=O)OCC1OC(Oc2ccc3c(=O)c(-c4ccc(O)cc4)coc3c2)C(OCCc2ccccc2)C(O)C1O. The second-order valence-corrected chi connectivity index (χ2v) is 11.0. The number of fused-ring (bicyclic) bond motifs is 1. The Balaban J connectivity index is 1.36. The van der Waals surface area contributed by atoms with E-state index in [0.717, 1.165) is 5.56 Å². The molecule has 1 fully saturated rings. The Labute approximate surface area is 268 Å².